The third-order valence-electron chi connectivity index (χ3n) is 4.79. The zero-order valence-corrected chi connectivity index (χ0v) is 12.6. The van der Waals surface area contributed by atoms with E-state index < -0.39 is 0 Å². The van der Waals surface area contributed by atoms with Crippen molar-refractivity contribution >= 4 is 5.91 Å². The second-order valence-corrected chi connectivity index (χ2v) is 6.05. The normalized spacial score (nSPS) is 25.7. The second-order valence-electron chi connectivity index (χ2n) is 6.05. The number of pyridine rings is 1. The van der Waals surface area contributed by atoms with E-state index in [-0.39, 0.29) is 12.1 Å². The largest absolute Gasteiger partial charge is 0.337 e. The first-order chi connectivity index (χ1) is 10.2. The molecule has 1 amide bonds. The number of fused-ring (bicyclic) bond motifs is 1. The highest BCUT2D eigenvalue weighted by Gasteiger charge is 2.39. The highest BCUT2D eigenvalue weighted by atomic mass is 16.2. The Morgan fingerprint density at radius 1 is 1.43 bits per heavy atom. The van der Waals surface area contributed by atoms with Crippen LogP contribution in [0.1, 0.15) is 37.9 Å². The van der Waals surface area contributed by atoms with Crippen molar-refractivity contribution in [2.24, 2.45) is 5.73 Å². The molecule has 3 rings (SSSR count). The van der Waals surface area contributed by atoms with Crippen molar-refractivity contribution in [1.82, 2.24) is 14.8 Å². The molecule has 5 heteroatoms. The summed E-state index contributed by atoms with van der Waals surface area (Å²) in [7, 11) is 0. The van der Waals surface area contributed by atoms with E-state index in [0.717, 1.165) is 38.2 Å². The molecule has 114 valence electrons. The third-order valence-corrected chi connectivity index (χ3v) is 4.79. The fourth-order valence-electron chi connectivity index (χ4n) is 3.59. The summed E-state index contributed by atoms with van der Waals surface area (Å²) in [5.41, 5.74) is 7.43. The first kappa shape index (κ1) is 14.5. The molecule has 0 spiro atoms. The van der Waals surface area contributed by atoms with Crippen molar-refractivity contribution in [3.8, 4) is 0 Å². The van der Waals surface area contributed by atoms with Crippen molar-refractivity contribution in [3.05, 3.63) is 30.1 Å². The molecule has 3 atom stereocenters. The quantitative estimate of drug-likeness (QED) is 0.903. The van der Waals surface area contributed by atoms with Gasteiger partial charge in [0.15, 0.2) is 0 Å². The molecule has 3 heterocycles. The van der Waals surface area contributed by atoms with Crippen molar-refractivity contribution in [1.29, 1.82) is 0 Å². The standard InChI is InChI=1S/C16H24N4O/c1-2-13(17)16(14-5-3-4-8-18-14)19-9-10-20-12(11-19)6-7-15(20)21/h3-5,8,12-13,16H,2,6-7,9-11,17H2,1H3. The van der Waals surface area contributed by atoms with Gasteiger partial charge in [0.1, 0.15) is 0 Å². The molecule has 0 saturated carbocycles. The van der Waals surface area contributed by atoms with Gasteiger partial charge in [0.2, 0.25) is 5.91 Å². The summed E-state index contributed by atoms with van der Waals surface area (Å²) < 4.78 is 0. The molecule has 3 unspecified atom stereocenters. The van der Waals surface area contributed by atoms with Crippen LogP contribution in [-0.4, -0.2) is 52.4 Å². The van der Waals surface area contributed by atoms with Crippen LogP contribution in [0.5, 0.6) is 0 Å². The van der Waals surface area contributed by atoms with E-state index in [0.29, 0.717) is 18.4 Å². The number of aromatic nitrogens is 1. The first-order valence-corrected chi connectivity index (χ1v) is 7.90. The molecule has 1 aromatic rings. The van der Waals surface area contributed by atoms with E-state index in [1.807, 2.05) is 23.2 Å². The molecule has 0 bridgehead atoms. The molecule has 2 aliphatic rings. The molecular weight excluding hydrogens is 264 g/mol. The van der Waals surface area contributed by atoms with E-state index in [1.54, 1.807) is 0 Å². The number of nitrogens with two attached hydrogens (primary N) is 1. The molecule has 2 N–H and O–H groups in total. The van der Waals surface area contributed by atoms with Gasteiger partial charge in [0, 0.05) is 44.3 Å². The summed E-state index contributed by atoms with van der Waals surface area (Å²) in [6.07, 6.45) is 4.43. The van der Waals surface area contributed by atoms with Crippen LogP contribution in [0.3, 0.4) is 0 Å². The summed E-state index contributed by atoms with van der Waals surface area (Å²) >= 11 is 0. The van der Waals surface area contributed by atoms with Crippen LogP contribution in [0, 0.1) is 0 Å². The fraction of sp³-hybridized carbons (Fsp3) is 0.625. The first-order valence-electron chi connectivity index (χ1n) is 7.90. The van der Waals surface area contributed by atoms with E-state index in [1.165, 1.54) is 0 Å². The van der Waals surface area contributed by atoms with Gasteiger partial charge >= 0.3 is 0 Å². The van der Waals surface area contributed by atoms with Gasteiger partial charge in [0.25, 0.3) is 0 Å². The Bertz CT molecular complexity index is 492. The van der Waals surface area contributed by atoms with Gasteiger partial charge in [-0.1, -0.05) is 13.0 Å². The highest BCUT2D eigenvalue weighted by molar-refractivity contribution is 5.78. The third kappa shape index (κ3) is 2.80. The predicted octanol–water partition coefficient (Wildman–Crippen LogP) is 1.17. The van der Waals surface area contributed by atoms with Gasteiger partial charge in [0.05, 0.1) is 11.7 Å². The molecule has 5 nitrogen and oxygen atoms in total. The number of carbonyl (C=O) groups excluding carboxylic acids is 1. The summed E-state index contributed by atoms with van der Waals surface area (Å²) in [4.78, 5) is 20.8. The zero-order chi connectivity index (χ0) is 14.8. The number of rotatable bonds is 4. The van der Waals surface area contributed by atoms with Gasteiger partial charge in [-0.25, -0.2) is 0 Å². The van der Waals surface area contributed by atoms with E-state index in [4.69, 9.17) is 5.73 Å². The lowest BCUT2D eigenvalue weighted by Crippen LogP contribution is -2.55. The van der Waals surface area contributed by atoms with Crippen LogP contribution in [0.4, 0.5) is 0 Å². The van der Waals surface area contributed by atoms with Crippen LogP contribution in [0.2, 0.25) is 0 Å². The van der Waals surface area contributed by atoms with Crippen molar-refractivity contribution in [3.63, 3.8) is 0 Å². The summed E-state index contributed by atoms with van der Waals surface area (Å²) in [6, 6.07) is 6.60. The second kappa shape index (κ2) is 6.12. The van der Waals surface area contributed by atoms with E-state index in [2.05, 4.69) is 22.9 Å². The molecule has 2 fully saturated rings. The number of nitrogens with zero attached hydrogens (tertiary/aromatic N) is 3. The maximum absolute atomic E-state index is 11.8. The van der Waals surface area contributed by atoms with Crippen LogP contribution >= 0.6 is 0 Å². The average Bonchev–Trinajstić information content (AvgIpc) is 2.89. The molecule has 2 aliphatic heterocycles. The van der Waals surface area contributed by atoms with Crippen LogP contribution in [0.15, 0.2) is 24.4 Å². The Labute approximate surface area is 126 Å². The van der Waals surface area contributed by atoms with Crippen molar-refractivity contribution < 1.29 is 4.79 Å². The minimum atomic E-state index is 0.0727. The van der Waals surface area contributed by atoms with Gasteiger partial charge in [-0.05, 0) is 25.0 Å². The number of amides is 1. The number of hydrogen-bond donors (Lipinski definition) is 1. The smallest absolute Gasteiger partial charge is 0.222 e. The fourth-order valence-corrected chi connectivity index (χ4v) is 3.59. The minimum Gasteiger partial charge on any atom is -0.337 e. The molecule has 1 aromatic heterocycles. The number of piperazine rings is 1. The Kier molecular flexibility index (Phi) is 4.22. The number of carbonyl (C=O) groups is 1. The van der Waals surface area contributed by atoms with Crippen molar-refractivity contribution in [2.45, 2.75) is 44.3 Å². The Morgan fingerprint density at radius 2 is 2.29 bits per heavy atom. The summed E-state index contributed by atoms with van der Waals surface area (Å²) in [6.45, 7) is 4.75. The van der Waals surface area contributed by atoms with Crippen LogP contribution in [-0.2, 0) is 4.79 Å². The lowest BCUT2D eigenvalue weighted by Gasteiger charge is -2.43. The highest BCUT2D eigenvalue weighted by Crippen LogP contribution is 2.30. The lowest BCUT2D eigenvalue weighted by molar-refractivity contribution is -0.131. The van der Waals surface area contributed by atoms with Crippen LogP contribution < -0.4 is 5.73 Å². The molecular formula is C16H24N4O. The van der Waals surface area contributed by atoms with Gasteiger partial charge in [-0.15, -0.1) is 0 Å². The maximum Gasteiger partial charge on any atom is 0.222 e. The molecule has 21 heavy (non-hydrogen) atoms. The molecule has 0 aromatic carbocycles. The summed E-state index contributed by atoms with van der Waals surface area (Å²) in [5.74, 6) is 0.314. The van der Waals surface area contributed by atoms with E-state index in [9.17, 15) is 4.79 Å². The lowest BCUT2D eigenvalue weighted by atomic mass is 9.98. The molecule has 2 saturated heterocycles. The SMILES string of the molecule is CCC(N)C(c1ccccn1)N1CCN2C(=O)CCC2C1. The van der Waals surface area contributed by atoms with E-state index >= 15 is 0 Å². The number of hydrogen-bond acceptors (Lipinski definition) is 4. The van der Waals surface area contributed by atoms with Crippen molar-refractivity contribution in [2.75, 3.05) is 19.6 Å². The topological polar surface area (TPSA) is 62.5 Å². The maximum atomic E-state index is 11.8. The Balaban J connectivity index is 1.80. The van der Waals surface area contributed by atoms with Gasteiger partial charge in [-0.2, -0.15) is 0 Å². The average molecular weight is 288 g/mol. The van der Waals surface area contributed by atoms with Gasteiger partial charge in [-0.3, -0.25) is 14.7 Å². The molecule has 0 aliphatic carbocycles. The Hall–Kier alpha value is -1.46. The monoisotopic (exact) mass is 288 g/mol. The summed E-state index contributed by atoms with van der Waals surface area (Å²) in [5, 5.41) is 0. The molecule has 0 radical (unpaired) electrons. The predicted molar refractivity (Wildman–Crippen MR) is 81.6 cm³/mol. The Morgan fingerprint density at radius 3 is 3.00 bits per heavy atom. The van der Waals surface area contributed by atoms with Gasteiger partial charge < -0.3 is 10.6 Å². The zero-order valence-electron chi connectivity index (χ0n) is 12.6. The minimum absolute atomic E-state index is 0.0727. The van der Waals surface area contributed by atoms with Crippen LogP contribution in [0.25, 0.3) is 0 Å².